The third-order valence-electron chi connectivity index (χ3n) is 7.93. The maximum absolute atomic E-state index is 10.5. The molecular weight excluding hydrogens is 476 g/mol. The van der Waals surface area contributed by atoms with Gasteiger partial charge >= 0.3 is 0 Å². The van der Waals surface area contributed by atoms with Gasteiger partial charge in [-0.25, -0.2) is 0 Å². The average Bonchev–Trinajstić information content (AvgIpc) is 3.68. The fourth-order valence-electron chi connectivity index (χ4n) is 5.68. The van der Waals surface area contributed by atoms with E-state index in [-0.39, 0.29) is 13.2 Å². The summed E-state index contributed by atoms with van der Waals surface area (Å²) in [5.74, 6) is 2.66. The molecule has 1 aliphatic heterocycles. The van der Waals surface area contributed by atoms with Crippen molar-refractivity contribution in [3.05, 3.63) is 84.0 Å². The summed E-state index contributed by atoms with van der Waals surface area (Å²) in [6.45, 7) is 5.23. The van der Waals surface area contributed by atoms with Crippen LogP contribution in [0, 0.1) is 0 Å². The molecule has 0 saturated carbocycles. The zero-order chi connectivity index (χ0) is 26.2. The molecule has 2 aliphatic carbocycles. The SMILES string of the molecule is O[C@@H](COc1ccc([C@H]2C=CCC2)cc1)CN1CCN(C[C@@H](O)COc2ccc([C@H]3C=CCC3)cc2)CC1. The normalized spacial score (nSPS) is 23.5. The largest absolute Gasteiger partial charge is 0.491 e. The van der Waals surface area contributed by atoms with Gasteiger partial charge in [0.1, 0.15) is 36.9 Å². The molecule has 6 heteroatoms. The summed E-state index contributed by atoms with van der Waals surface area (Å²) < 4.78 is 11.7. The quantitative estimate of drug-likeness (QED) is 0.408. The topological polar surface area (TPSA) is 65.4 Å². The van der Waals surface area contributed by atoms with Crippen molar-refractivity contribution in [3.63, 3.8) is 0 Å². The Bertz CT molecular complexity index is 959. The van der Waals surface area contributed by atoms with E-state index >= 15 is 0 Å². The van der Waals surface area contributed by atoms with Gasteiger partial charge in [-0.15, -0.1) is 0 Å². The standard InChI is InChI=1S/C32H42N2O4/c35-29(23-37-31-13-9-27(10-14-31)25-5-1-2-6-25)21-33-17-19-34(20-18-33)22-30(36)24-38-32-15-11-28(12-16-32)26-7-3-4-8-26/h1,3,5,7,9-16,25-26,29-30,35-36H,2,4,6,8,17-24H2/t25-,26-,29+,30+/m0/s1. The molecule has 0 spiro atoms. The summed E-state index contributed by atoms with van der Waals surface area (Å²) in [6, 6.07) is 16.5. The highest BCUT2D eigenvalue weighted by atomic mass is 16.5. The van der Waals surface area contributed by atoms with Crippen LogP contribution in [0.3, 0.4) is 0 Å². The summed E-state index contributed by atoms with van der Waals surface area (Å²) in [5, 5.41) is 21.0. The van der Waals surface area contributed by atoms with Gasteiger partial charge in [0, 0.05) is 51.1 Å². The van der Waals surface area contributed by atoms with E-state index in [4.69, 9.17) is 9.47 Å². The van der Waals surface area contributed by atoms with Crippen LogP contribution in [0.15, 0.2) is 72.8 Å². The molecule has 4 atom stereocenters. The van der Waals surface area contributed by atoms with Crippen molar-refractivity contribution in [3.8, 4) is 11.5 Å². The van der Waals surface area contributed by atoms with Crippen molar-refractivity contribution in [2.24, 2.45) is 0 Å². The van der Waals surface area contributed by atoms with Crippen molar-refractivity contribution in [2.75, 3.05) is 52.5 Å². The molecule has 5 rings (SSSR count). The van der Waals surface area contributed by atoms with Crippen molar-refractivity contribution >= 4 is 0 Å². The predicted molar refractivity (Wildman–Crippen MR) is 151 cm³/mol. The number of ether oxygens (including phenoxy) is 2. The van der Waals surface area contributed by atoms with Gasteiger partial charge in [0.2, 0.25) is 0 Å². The van der Waals surface area contributed by atoms with Crippen LogP contribution in [-0.2, 0) is 0 Å². The lowest BCUT2D eigenvalue weighted by molar-refractivity contribution is 0.0240. The van der Waals surface area contributed by atoms with Gasteiger partial charge in [0.05, 0.1) is 0 Å². The third-order valence-corrected chi connectivity index (χ3v) is 7.93. The summed E-state index contributed by atoms with van der Waals surface area (Å²) in [7, 11) is 0. The number of aliphatic hydroxyl groups is 2. The molecule has 1 heterocycles. The van der Waals surface area contributed by atoms with Crippen LogP contribution in [0.1, 0.15) is 48.6 Å². The minimum Gasteiger partial charge on any atom is -0.491 e. The fraction of sp³-hybridized carbons (Fsp3) is 0.500. The summed E-state index contributed by atoms with van der Waals surface area (Å²) >= 11 is 0. The summed E-state index contributed by atoms with van der Waals surface area (Å²) in [4.78, 5) is 4.54. The highest BCUT2D eigenvalue weighted by Crippen LogP contribution is 2.30. The number of rotatable bonds is 12. The number of nitrogens with zero attached hydrogens (tertiary/aromatic N) is 2. The van der Waals surface area contributed by atoms with Crippen LogP contribution in [0.5, 0.6) is 11.5 Å². The zero-order valence-electron chi connectivity index (χ0n) is 22.3. The minimum absolute atomic E-state index is 0.289. The van der Waals surface area contributed by atoms with Crippen molar-refractivity contribution in [2.45, 2.75) is 49.7 Å². The third kappa shape index (κ3) is 7.70. The van der Waals surface area contributed by atoms with Crippen LogP contribution in [0.4, 0.5) is 0 Å². The molecular formula is C32H42N2O4. The van der Waals surface area contributed by atoms with Crippen LogP contribution in [-0.4, -0.2) is 84.7 Å². The lowest BCUT2D eigenvalue weighted by atomic mass is 9.99. The zero-order valence-corrected chi connectivity index (χ0v) is 22.3. The lowest BCUT2D eigenvalue weighted by Crippen LogP contribution is -2.51. The second-order valence-electron chi connectivity index (χ2n) is 10.9. The molecule has 2 aromatic carbocycles. The summed E-state index contributed by atoms with van der Waals surface area (Å²) in [5.41, 5.74) is 2.65. The Balaban J connectivity index is 0.952. The molecule has 1 saturated heterocycles. The van der Waals surface area contributed by atoms with Gasteiger partial charge in [-0.1, -0.05) is 48.6 Å². The molecule has 1 fully saturated rings. The van der Waals surface area contributed by atoms with E-state index in [0.717, 1.165) is 50.5 Å². The first-order valence-electron chi connectivity index (χ1n) is 14.2. The van der Waals surface area contributed by atoms with Gasteiger partial charge in [-0.05, 0) is 61.1 Å². The van der Waals surface area contributed by atoms with E-state index in [1.54, 1.807) is 0 Å². The molecule has 38 heavy (non-hydrogen) atoms. The Morgan fingerprint density at radius 1 is 0.632 bits per heavy atom. The van der Waals surface area contributed by atoms with Crippen molar-refractivity contribution in [1.29, 1.82) is 0 Å². The number of hydrogen-bond acceptors (Lipinski definition) is 6. The minimum atomic E-state index is -0.533. The lowest BCUT2D eigenvalue weighted by Gasteiger charge is -2.36. The van der Waals surface area contributed by atoms with E-state index in [2.05, 4.69) is 58.4 Å². The Kier molecular flexibility index (Phi) is 9.52. The monoisotopic (exact) mass is 518 g/mol. The second-order valence-corrected chi connectivity index (χ2v) is 10.9. The molecule has 0 unspecified atom stereocenters. The number of benzene rings is 2. The van der Waals surface area contributed by atoms with E-state index in [1.807, 2.05) is 24.3 Å². The maximum atomic E-state index is 10.5. The highest BCUT2D eigenvalue weighted by molar-refractivity contribution is 5.33. The average molecular weight is 519 g/mol. The van der Waals surface area contributed by atoms with E-state index in [9.17, 15) is 10.2 Å². The second kappa shape index (κ2) is 13.4. The predicted octanol–water partition coefficient (Wildman–Crippen LogP) is 4.35. The first kappa shape index (κ1) is 26.9. The van der Waals surface area contributed by atoms with Crippen molar-refractivity contribution < 1.29 is 19.7 Å². The maximum Gasteiger partial charge on any atom is 0.119 e. The molecule has 204 valence electrons. The van der Waals surface area contributed by atoms with Gasteiger partial charge in [-0.3, -0.25) is 9.80 Å². The number of β-amino-alcohol motifs (C(OH)–C–C–N with tert-alkyl or cyclic N) is 2. The molecule has 2 aromatic rings. The number of piperazine rings is 1. The van der Waals surface area contributed by atoms with Crippen LogP contribution in [0.25, 0.3) is 0 Å². The molecule has 6 nitrogen and oxygen atoms in total. The van der Waals surface area contributed by atoms with Gasteiger partial charge < -0.3 is 19.7 Å². The Morgan fingerprint density at radius 2 is 1.03 bits per heavy atom. The molecule has 0 radical (unpaired) electrons. The van der Waals surface area contributed by atoms with E-state index in [0.29, 0.717) is 24.9 Å². The molecule has 0 bridgehead atoms. The first-order valence-corrected chi connectivity index (χ1v) is 14.2. The van der Waals surface area contributed by atoms with E-state index in [1.165, 1.54) is 24.0 Å². The molecule has 3 aliphatic rings. The number of hydrogen-bond donors (Lipinski definition) is 2. The molecule has 0 aromatic heterocycles. The number of allylic oxidation sites excluding steroid dienone is 4. The smallest absolute Gasteiger partial charge is 0.119 e. The van der Waals surface area contributed by atoms with Crippen LogP contribution in [0.2, 0.25) is 0 Å². The van der Waals surface area contributed by atoms with Crippen LogP contribution < -0.4 is 9.47 Å². The summed E-state index contributed by atoms with van der Waals surface area (Å²) in [6.07, 6.45) is 12.7. The fourth-order valence-corrected chi connectivity index (χ4v) is 5.68. The molecule has 2 N–H and O–H groups in total. The number of aliphatic hydroxyl groups excluding tert-OH is 2. The van der Waals surface area contributed by atoms with E-state index < -0.39 is 12.2 Å². The first-order chi connectivity index (χ1) is 18.6. The van der Waals surface area contributed by atoms with Gasteiger partial charge in [0.15, 0.2) is 0 Å². The molecule has 0 amide bonds. The van der Waals surface area contributed by atoms with Gasteiger partial charge in [-0.2, -0.15) is 0 Å². The Morgan fingerprint density at radius 3 is 1.37 bits per heavy atom. The Labute approximate surface area is 227 Å². The highest BCUT2D eigenvalue weighted by Gasteiger charge is 2.22. The van der Waals surface area contributed by atoms with Crippen molar-refractivity contribution in [1.82, 2.24) is 9.80 Å². The van der Waals surface area contributed by atoms with Gasteiger partial charge in [0.25, 0.3) is 0 Å². The van der Waals surface area contributed by atoms with Crippen LogP contribution >= 0.6 is 0 Å². The Hall–Kier alpha value is -2.64.